The van der Waals surface area contributed by atoms with Gasteiger partial charge in [0.15, 0.2) is 0 Å². The first-order valence-corrected chi connectivity index (χ1v) is 9.22. The third-order valence-corrected chi connectivity index (χ3v) is 4.88. The van der Waals surface area contributed by atoms with Crippen molar-refractivity contribution in [2.75, 3.05) is 12.8 Å². The van der Waals surface area contributed by atoms with Crippen LogP contribution >= 0.6 is 11.6 Å². The Hall–Kier alpha value is -1.11. The minimum Gasteiger partial charge on any atom is -0.352 e. The molecular weight excluding hydrogens is 324 g/mol. The van der Waals surface area contributed by atoms with E-state index in [-0.39, 0.29) is 18.9 Å². The van der Waals surface area contributed by atoms with Crippen molar-refractivity contribution < 1.29 is 13.2 Å². The topological polar surface area (TPSA) is 66.5 Å². The zero-order valence-electron chi connectivity index (χ0n) is 13.4. The maximum absolute atomic E-state index is 11.9. The van der Waals surface area contributed by atoms with Gasteiger partial charge in [-0.2, -0.15) is 4.31 Å². The summed E-state index contributed by atoms with van der Waals surface area (Å²) in [5.41, 5.74) is 0.387. The van der Waals surface area contributed by atoms with Gasteiger partial charge in [0, 0.05) is 30.1 Å². The number of nitrogens with zero attached hydrogens (tertiary/aromatic N) is 1. The van der Waals surface area contributed by atoms with Crippen LogP contribution in [0.2, 0.25) is 5.02 Å². The minimum atomic E-state index is -3.35. The molecule has 1 rings (SSSR count). The molecule has 0 spiro atoms. The largest absolute Gasteiger partial charge is 0.352 e. The highest BCUT2D eigenvalue weighted by atomic mass is 35.5. The molecule has 0 saturated heterocycles. The summed E-state index contributed by atoms with van der Waals surface area (Å²) in [6.45, 7) is 5.97. The van der Waals surface area contributed by atoms with Gasteiger partial charge in [-0.15, -0.1) is 0 Å². The van der Waals surface area contributed by atoms with Crippen molar-refractivity contribution in [1.82, 2.24) is 9.62 Å². The Morgan fingerprint density at radius 3 is 2.23 bits per heavy atom. The lowest BCUT2D eigenvalue weighted by atomic mass is 10.1. The second-order valence-electron chi connectivity index (χ2n) is 6.16. The highest BCUT2D eigenvalue weighted by Crippen LogP contribution is 2.17. The summed E-state index contributed by atoms with van der Waals surface area (Å²) in [6.07, 6.45) is 1.28. The van der Waals surface area contributed by atoms with Crippen LogP contribution in [0.1, 0.15) is 32.8 Å². The number of benzene rings is 1. The SMILES string of the molecule is CC(C)(C)N(CCC(=O)NCc1ccc(Cl)cc1)S(C)(=O)=O. The van der Waals surface area contributed by atoms with Crippen molar-refractivity contribution in [1.29, 1.82) is 0 Å². The molecule has 1 aromatic rings. The van der Waals surface area contributed by atoms with Gasteiger partial charge >= 0.3 is 0 Å². The lowest BCUT2D eigenvalue weighted by Gasteiger charge is -2.33. The first kappa shape index (κ1) is 18.9. The third kappa shape index (κ3) is 6.34. The summed E-state index contributed by atoms with van der Waals surface area (Å²) in [5.74, 6) is -0.187. The maximum Gasteiger partial charge on any atom is 0.221 e. The lowest BCUT2D eigenvalue weighted by molar-refractivity contribution is -0.121. The quantitative estimate of drug-likeness (QED) is 0.860. The standard InChI is InChI=1S/C15H23ClN2O3S/c1-15(2,3)18(22(4,20)21)10-9-14(19)17-11-12-5-7-13(16)8-6-12/h5-8H,9-11H2,1-4H3,(H,17,19). The van der Waals surface area contributed by atoms with E-state index in [0.29, 0.717) is 11.6 Å². The van der Waals surface area contributed by atoms with E-state index in [0.717, 1.165) is 11.8 Å². The molecule has 0 aliphatic carbocycles. The fourth-order valence-corrected chi connectivity index (χ4v) is 3.64. The smallest absolute Gasteiger partial charge is 0.221 e. The lowest BCUT2D eigenvalue weighted by Crippen LogP contribution is -2.46. The molecule has 0 aliphatic rings. The van der Waals surface area contributed by atoms with E-state index in [2.05, 4.69) is 5.32 Å². The van der Waals surface area contributed by atoms with E-state index < -0.39 is 15.6 Å². The summed E-state index contributed by atoms with van der Waals surface area (Å²) in [6, 6.07) is 7.18. The van der Waals surface area contributed by atoms with E-state index >= 15 is 0 Å². The number of amides is 1. The van der Waals surface area contributed by atoms with Crippen molar-refractivity contribution in [3.63, 3.8) is 0 Å². The average molecular weight is 347 g/mol. The molecule has 0 unspecified atom stereocenters. The van der Waals surface area contributed by atoms with Gasteiger partial charge in [-0.1, -0.05) is 23.7 Å². The zero-order chi connectivity index (χ0) is 17.0. The van der Waals surface area contributed by atoms with Gasteiger partial charge < -0.3 is 5.32 Å². The van der Waals surface area contributed by atoms with Gasteiger partial charge in [-0.05, 0) is 38.5 Å². The molecule has 1 amide bonds. The van der Waals surface area contributed by atoms with Gasteiger partial charge in [0.05, 0.1) is 6.26 Å². The number of hydrogen-bond donors (Lipinski definition) is 1. The van der Waals surface area contributed by atoms with Crippen LogP contribution in [0, 0.1) is 0 Å². The molecule has 1 N–H and O–H groups in total. The number of hydrogen-bond acceptors (Lipinski definition) is 3. The van der Waals surface area contributed by atoms with Gasteiger partial charge in [-0.3, -0.25) is 4.79 Å². The summed E-state index contributed by atoms with van der Waals surface area (Å²) in [7, 11) is -3.35. The fourth-order valence-electron chi connectivity index (χ4n) is 2.09. The maximum atomic E-state index is 11.9. The van der Waals surface area contributed by atoms with Crippen LogP contribution in [0.5, 0.6) is 0 Å². The van der Waals surface area contributed by atoms with Gasteiger partial charge in [-0.25, -0.2) is 8.42 Å². The van der Waals surface area contributed by atoms with E-state index in [1.807, 2.05) is 12.1 Å². The molecule has 7 heteroatoms. The van der Waals surface area contributed by atoms with Crippen molar-refractivity contribution in [3.05, 3.63) is 34.9 Å². The highest BCUT2D eigenvalue weighted by Gasteiger charge is 2.29. The van der Waals surface area contributed by atoms with Crippen LogP contribution in [0.4, 0.5) is 0 Å². The van der Waals surface area contributed by atoms with Crippen LogP contribution in [0.3, 0.4) is 0 Å². The van der Waals surface area contributed by atoms with Crippen molar-refractivity contribution in [3.8, 4) is 0 Å². The van der Waals surface area contributed by atoms with Crippen LogP contribution in [0.15, 0.2) is 24.3 Å². The summed E-state index contributed by atoms with van der Waals surface area (Å²) in [5, 5.41) is 3.42. The van der Waals surface area contributed by atoms with Crippen LogP contribution in [-0.4, -0.2) is 37.0 Å². The molecule has 5 nitrogen and oxygen atoms in total. The molecule has 0 atom stereocenters. The van der Waals surface area contributed by atoms with Crippen molar-refractivity contribution in [2.24, 2.45) is 0 Å². The van der Waals surface area contributed by atoms with Gasteiger partial charge in [0.2, 0.25) is 15.9 Å². The molecule has 0 aliphatic heterocycles. The number of rotatable bonds is 6. The Morgan fingerprint density at radius 2 is 1.77 bits per heavy atom. The molecule has 0 fully saturated rings. The van der Waals surface area contributed by atoms with Crippen LogP contribution < -0.4 is 5.32 Å². The van der Waals surface area contributed by atoms with E-state index in [1.54, 1.807) is 32.9 Å². The minimum absolute atomic E-state index is 0.123. The predicted octanol–water partition coefficient (Wildman–Crippen LogP) is 2.41. The fraction of sp³-hybridized carbons (Fsp3) is 0.533. The van der Waals surface area contributed by atoms with Gasteiger partial charge in [0.25, 0.3) is 0 Å². The molecule has 0 bridgehead atoms. The molecular formula is C15H23ClN2O3S. The van der Waals surface area contributed by atoms with Gasteiger partial charge in [0.1, 0.15) is 0 Å². The van der Waals surface area contributed by atoms with Crippen LogP contribution in [-0.2, 0) is 21.4 Å². The summed E-state index contributed by atoms with van der Waals surface area (Å²) in [4.78, 5) is 11.9. The monoisotopic (exact) mass is 346 g/mol. The normalized spacial score (nSPS) is 12.5. The predicted molar refractivity (Wildman–Crippen MR) is 89.2 cm³/mol. The molecule has 22 heavy (non-hydrogen) atoms. The second-order valence-corrected chi connectivity index (χ2v) is 8.50. The molecule has 0 radical (unpaired) electrons. The molecule has 1 aromatic carbocycles. The van der Waals surface area contributed by atoms with Crippen molar-refractivity contribution in [2.45, 2.75) is 39.3 Å². The van der Waals surface area contributed by atoms with Crippen molar-refractivity contribution >= 4 is 27.5 Å². The van der Waals surface area contributed by atoms with E-state index in [1.165, 1.54) is 4.31 Å². The van der Waals surface area contributed by atoms with E-state index in [4.69, 9.17) is 11.6 Å². The Balaban J connectivity index is 2.53. The molecule has 0 saturated carbocycles. The number of carbonyl (C=O) groups excluding carboxylic acids is 1. The number of sulfonamides is 1. The zero-order valence-corrected chi connectivity index (χ0v) is 15.0. The molecule has 124 valence electrons. The summed E-state index contributed by atoms with van der Waals surface area (Å²) >= 11 is 5.79. The van der Waals surface area contributed by atoms with E-state index in [9.17, 15) is 13.2 Å². The number of halogens is 1. The number of carbonyl (C=O) groups is 1. The highest BCUT2D eigenvalue weighted by molar-refractivity contribution is 7.88. The Labute approximate surface area is 137 Å². The Kier molecular flexibility index (Phi) is 6.40. The Morgan fingerprint density at radius 1 is 1.23 bits per heavy atom. The van der Waals surface area contributed by atoms with Crippen LogP contribution in [0.25, 0.3) is 0 Å². The summed E-state index contributed by atoms with van der Waals surface area (Å²) < 4.78 is 24.9. The second kappa shape index (κ2) is 7.44. The average Bonchev–Trinajstić information content (AvgIpc) is 2.35. The molecule has 0 aromatic heterocycles. The molecule has 0 heterocycles. The third-order valence-electron chi connectivity index (χ3n) is 3.09. The first-order chi connectivity index (χ1) is 10.00. The number of nitrogens with one attached hydrogen (secondary N) is 1. The first-order valence-electron chi connectivity index (χ1n) is 6.99. The Bertz CT molecular complexity index is 607.